The van der Waals surface area contributed by atoms with E-state index in [0.717, 1.165) is 12.8 Å². The lowest BCUT2D eigenvalue weighted by Crippen LogP contribution is -2.39. The zero-order chi connectivity index (χ0) is 28.9. The first-order valence-electron chi connectivity index (χ1n) is 15.8. The Morgan fingerprint density at radius 3 is 1.73 bits per heavy atom. The van der Waals surface area contributed by atoms with Crippen molar-refractivity contribution in [3.8, 4) is 0 Å². The molecule has 40 heavy (non-hydrogen) atoms. The van der Waals surface area contributed by atoms with E-state index in [1.54, 1.807) is 0 Å². The van der Waals surface area contributed by atoms with E-state index in [-0.39, 0.29) is 31.3 Å². The number of quaternary nitrogens is 1. The SMILES string of the molecule is CCCCCCCCCCCCCCCCCCOCCC1(P(=O)(OCO)OCC[N+](C)(C)C)CCC(=O)O1.[OH-]. The van der Waals surface area contributed by atoms with Gasteiger partial charge < -0.3 is 24.5 Å². The molecule has 1 aliphatic rings. The predicted octanol–water partition coefficient (Wildman–Crippen LogP) is 7.39. The van der Waals surface area contributed by atoms with E-state index >= 15 is 0 Å². The molecular weight excluding hydrogens is 533 g/mol. The first kappa shape index (κ1) is 39.5. The highest BCUT2D eigenvalue weighted by Gasteiger charge is 2.57. The second-order valence-electron chi connectivity index (χ2n) is 12.2. The third-order valence-electron chi connectivity index (χ3n) is 7.55. The molecule has 1 rings (SSSR count). The van der Waals surface area contributed by atoms with Crippen LogP contribution in [0.15, 0.2) is 0 Å². The molecule has 0 aromatic heterocycles. The lowest BCUT2D eigenvalue weighted by atomic mass is 10.0. The molecule has 240 valence electrons. The molecule has 2 atom stereocenters. The minimum atomic E-state index is -3.90. The average Bonchev–Trinajstić information content (AvgIpc) is 3.27. The fourth-order valence-electron chi connectivity index (χ4n) is 4.99. The van der Waals surface area contributed by atoms with Crippen molar-refractivity contribution in [3.63, 3.8) is 0 Å². The molecule has 0 radical (unpaired) electrons. The molecule has 0 aromatic rings. The Hall–Kier alpha value is -0.540. The van der Waals surface area contributed by atoms with Gasteiger partial charge >= 0.3 is 13.6 Å². The van der Waals surface area contributed by atoms with Gasteiger partial charge in [0.25, 0.3) is 0 Å². The van der Waals surface area contributed by atoms with E-state index in [9.17, 15) is 14.5 Å². The predicted molar refractivity (Wildman–Crippen MR) is 160 cm³/mol. The van der Waals surface area contributed by atoms with Crippen molar-refractivity contribution in [1.82, 2.24) is 0 Å². The summed E-state index contributed by atoms with van der Waals surface area (Å²) in [5.41, 5.74) is 0. The fourth-order valence-corrected chi connectivity index (χ4v) is 6.97. The van der Waals surface area contributed by atoms with Crippen LogP contribution in [-0.4, -0.2) is 80.7 Å². The van der Waals surface area contributed by atoms with Gasteiger partial charge in [-0.3, -0.25) is 18.4 Å². The third-order valence-corrected chi connectivity index (χ3v) is 10.1. The Morgan fingerprint density at radius 1 is 0.800 bits per heavy atom. The van der Waals surface area contributed by atoms with Gasteiger partial charge in [0.05, 0.1) is 34.2 Å². The Labute approximate surface area is 245 Å². The van der Waals surface area contributed by atoms with Crippen LogP contribution < -0.4 is 0 Å². The largest absolute Gasteiger partial charge is 0.870 e. The number of carbonyl (C=O) groups excluding carboxylic acids is 1. The van der Waals surface area contributed by atoms with Crippen LogP contribution in [0.25, 0.3) is 0 Å². The van der Waals surface area contributed by atoms with Gasteiger partial charge in [-0.05, 0) is 6.42 Å². The maximum absolute atomic E-state index is 13.6. The number of likely N-dealkylation sites (N-methyl/N-ethyl adjacent to an activating group) is 1. The quantitative estimate of drug-likeness (QED) is 0.0343. The van der Waals surface area contributed by atoms with Crippen LogP contribution in [0.5, 0.6) is 0 Å². The van der Waals surface area contributed by atoms with Crippen LogP contribution in [-0.2, 0) is 27.9 Å². The maximum Gasteiger partial charge on any atom is 0.376 e. The number of aliphatic hydroxyl groups is 1. The van der Waals surface area contributed by atoms with Crippen molar-refractivity contribution >= 4 is 13.6 Å². The third kappa shape index (κ3) is 17.4. The number of esters is 1. The molecule has 0 spiro atoms. The number of carbonyl (C=O) groups is 1. The lowest BCUT2D eigenvalue weighted by Gasteiger charge is -2.34. The van der Waals surface area contributed by atoms with Crippen LogP contribution in [0.3, 0.4) is 0 Å². The van der Waals surface area contributed by atoms with E-state index in [1.165, 1.54) is 89.9 Å². The van der Waals surface area contributed by atoms with Crippen LogP contribution in [0.4, 0.5) is 0 Å². The first-order chi connectivity index (χ1) is 18.7. The topological polar surface area (TPSA) is 121 Å². The highest BCUT2D eigenvalue weighted by molar-refractivity contribution is 7.55. The number of cyclic esters (lactones) is 1. The van der Waals surface area contributed by atoms with Crippen LogP contribution in [0.2, 0.25) is 0 Å². The van der Waals surface area contributed by atoms with Gasteiger partial charge in [0.15, 0.2) is 6.79 Å². The van der Waals surface area contributed by atoms with Crippen molar-refractivity contribution in [2.75, 3.05) is 54.3 Å². The summed E-state index contributed by atoms with van der Waals surface area (Å²) in [6.45, 7) is 3.19. The Kier molecular flexibility index (Phi) is 22.7. The van der Waals surface area contributed by atoms with Crippen molar-refractivity contribution in [2.45, 2.75) is 134 Å². The Balaban J connectivity index is 0.0000152. The molecule has 0 aliphatic carbocycles. The van der Waals surface area contributed by atoms with Gasteiger partial charge in [0.2, 0.25) is 5.34 Å². The summed E-state index contributed by atoms with van der Waals surface area (Å²) in [5, 5.41) is 7.99. The molecule has 1 saturated heterocycles. The monoisotopic (exact) mass is 595 g/mol. The molecule has 0 saturated carbocycles. The Bertz CT molecular complexity index is 673. The molecule has 2 unspecified atom stereocenters. The lowest BCUT2D eigenvalue weighted by molar-refractivity contribution is -0.870. The summed E-state index contributed by atoms with van der Waals surface area (Å²) in [6.07, 6.45) is 21.8. The fraction of sp³-hybridized carbons (Fsp3) is 0.967. The van der Waals surface area contributed by atoms with Crippen molar-refractivity contribution in [2.24, 2.45) is 0 Å². The van der Waals surface area contributed by atoms with Gasteiger partial charge in [-0.15, -0.1) is 0 Å². The summed E-state index contributed by atoms with van der Waals surface area (Å²) in [4.78, 5) is 12.0. The van der Waals surface area contributed by atoms with E-state index in [1.807, 2.05) is 21.1 Å². The number of hydrogen-bond donors (Lipinski definition) is 1. The van der Waals surface area contributed by atoms with Gasteiger partial charge in [-0.1, -0.05) is 103 Å². The molecule has 1 aliphatic heterocycles. The number of aliphatic hydroxyl groups excluding tert-OH is 1. The molecule has 2 N–H and O–H groups in total. The van der Waals surface area contributed by atoms with Crippen LogP contribution >= 0.6 is 7.60 Å². The molecule has 10 heteroatoms. The minimum Gasteiger partial charge on any atom is -0.870 e. The highest BCUT2D eigenvalue weighted by atomic mass is 31.2. The summed E-state index contributed by atoms with van der Waals surface area (Å²) in [6, 6.07) is 0. The van der Waals surface area contributed by atoms with E-state index < -0.39 is 25.7 Å². The first-order valence-corrected chi connectivity index (χ1v) is 17.3. The number of ether oxygens (including phenoxy) is 2. The van der Waals surface area contributed by atoms with E-state index in [4.69, 9.17) is 18.5 Å². The highest BCUT2D eigenvalue weighted by Crippen LogP contribution is 2.65. The van der Waals surface area contributed by atoms with Crippen molar-refractivity contribution < 1.29 is 42.9 Å². The van der Waals surface area contributed by atoms with E-state index in [0.29, 0.717) is 24.2 Å². The van der Waals surface area contributed by atoms with E-state index in [2.05, 4.69) is 6.92 Å². The normalized spacial score (nSPS) is 18.9. The summed E-state index contributed by atoms with van der Waals surface area (Å²) >= 11 is 0. The number of unbranched alkanes of at least 4 members (excludes halogenated alkanes) is 15. The minimum absolute atomic E-state index is 0. The number of hydrogen-bond acceptors (Lipinski definition) is 8. The van der Waals surface area contributed by atoms with Gasteiger partial charge in [0.1, 0.15) is 13.2 Å². The molecule has 1 fully saturated rings. The Morgan fingerprint density at radius 2 is 1.30 bits per heavy atom. The zero-order valence-electron chi connectivity index (χ0n) is 26.2. The van der Waals surface area contributed by atoms with Crippen LogP contribution in [0.1, 0.15) is 129 Å². The maximum atomic E-state index is 13.6. The molecule has 0 bridgehead atoms. The second kappa shape index (κ2) is 23.0. The smallest absolute Gasteiger partial charge is 0.376 e. The molecule has 1 heterocycles. The zero-order valence-corrected chi connectivity index (χ0v) is 27.1. The average molecular weight is 596 g/mol. The number of nitrogens with zero attached hydrogens (tertiary/aromatic N) is 1. The van der Waals surface area contributed by atoms with Crippen LogP contribution in [0, 0.1) is 0 Å². The van der Waals surface area contributed by atoms with Gasteiger partial charge in [-0.2, -0.15) is 0 Å². The molecule has 0 aromatic carbocycles. The standard InChI is InChI=1S/C30H61NO7P.H2O/c1-5-6-7-8-9-10-11-12-13-14-15-16-17-18-19-20-25-35-26-23-30(22-21-29(33)38-30)39(34,37-28-32)36-27-24-31(2,3)4;/h32H,5-28H2,1-4H3;1H2/q+1;/p-1. The second-order valence-corrected chi connectivity index (χ2v) is 14.5. The number of rotatable bonds is 27. The molecular formula is C30H62NO8P. The summed E-state index contributed by atoms with van der Waals surface area (Å²) in [7, 11) is 2.10. The van der Waals surface area contributed by atoms with Crippen molar-refractivity contribution in [1.29, 1.82) is 0 Å². The van der Waals surface area contributed by atoms with Gasteiger partial charge in [-0.25, -0.2) is 0 Å². The molecule has 9 nitrogen and oxygen atoms in total. The summed E-state index contributed by atoms with van der Waals surface area (Å²) in [5.74, 6) is -0.426. The summed E-state index contributed by atoms with van der Waals surface area (Å²) < 4.78 is 36.5. The van der Waals surface area contributed by atoms with Gasteiger partial charge in [0, 0.05) is 19.4 Å². The van der Waals surface area contributed by atoms with Crippen molar-refractivity contribution in [3.05, 3.63) is 0 Å². The molecule has 0 amide bonds.